The maximum atomic E-state index is 6.46. The highest BCUT2D eigenvalue weighted by atomic mass is 14.7. The van der Waals surface area contributed by atoms with Gasteiger partial charge in [-0.05, 0) is 42.4 Å². The zero-order chi connectivity index (χ0) is 13.1. The van der Waals surface area contributed by atoms with Crippen LogP contribution in [0.1, 0.15) is 73.1 Å². The maximum absolute atomic E-state index is 6.46. The Bertz CT molecular complexity index is 216. The van der Waals surface area contributed by atoms with Gasteiger partial charge in [-0.1, -0.05) is 53.9 Å². The van der Waals surface area contributed by atoms with E-state index in [9.17, 15) is 0 Å². The molecule has 4 unspecified atom stereocenters. The van der Waals surface area contributed by atoms with Gasteiger partial charge >= 0.3 is 0 Å². The Hall–Kier alpha value is -0.0400. The largest absolute Gasteiger partial charge is 0.327 e. The highest BCUT2D eigenvalue weighted by Gasteiger charge is 2.29. The summed E-state index contributed by atoms with van der Waals surface area (Å²) >= 11 is 0. The fourth-order valence-corrected chi connectivity index (χ4v) is 3.05. The van der Waals surface area contributed by atoms with E-state index in [1.807, 2.05) is 0 Å². The predicted molar refractivity (Wildman–Crippen MR) is 77.0 cm³/mol. The molecule has 0 heterocycles. The maximum Gasteiger partial charge on any atom is 0.00699 e. The summed E-state index contributed by atoms with van der Waals surface area (Å²) in [5.74, 6) is 2.46. The van der Waals surface area contributed by atoms with Gasteiger partial charge in [0.2, 0.25) is 0 Å². The number of rotatable bonds is 4. The standard InChI is InChI=1S/C16H33N/c1-6-13-8-7-9-14(11-13)15(17)10-12(2)16(3,4)5/h12-15H,6-11,17H2,1-5H3. The SMILES string of the molecule is CCC1CCCC(C(N)CC(C)C(C)(C)C)C1. The summed E-state index contributed by atoms with van der Waals surface area (Å²) in [6.07, 6.45) is 8.14. The Labute approximate surface area is 109 Å². The fraction of sp³-hybridized carbons (Fsp3) is 1.00. The van der Waals surface area contributed by atoms with E-state index < -0.39 is 0 Å². The Balaban J connectivity index is 2.44. The molecule has 0 bridgehead atoms. The molecular formula is C16H33N. The second-order valence-electron chi connectivity index (χ2n) is 7.37. The van der Waals surface area contributed by atoms with Crippen LogP contribution in [0.15, 0.2) is 0 Å². The van der Waals surface area contributed by atoms with E-state index in [1.54, 1.807) is 0 Å². The molecular weight excluding hydrogens is 206 g/mol. The van der Waals surface area contributed by atoms with E-state index in [4.69, 9.17) is 5.73 Å². The fourth-order valence-electron chi connectivity index (χ4n) is 3.05. The van der Waals surface area contributed by atoms with E-state index in [2.05, 4.69) is 34.6 Å². The minimum Gasteiger partial charge on any atom is -0.327 e. The van der Waals surface area contributed by atoms with Gasteiger partial charge in [0.15, 0.2) is 0 Å². The van der Waals surface area contributed by atoms with Gasteiger partial charge in [0, 0.05) is 6.04 Å². The van der Waals surface area contributed by atoms with Crippen molar-refractivity contribution in [3.8, 4) is 0 Å². The van der Waals surface area contributed by atoms with Crippen LogP contribution >= 0.6 is 0 Å². The van der Waals surface area contributed by atoms with Crippen molar-refractivity contribution in [1.82, 2.24) is 0 Å². The first-order valence-electron chi connectivity index (χ1n) is 7.60. The lowest BCUT2D eigenvalue weighted by Crippen LogP contribution is -2.37. The highest BCUT2D eigenvalue weighted by molar-refractivity contribution is 4.83. The lowest BCUT2D eigenvalue weighted by molar-refractivity contribution is 0.175. The van der Waals surface area contributed by atoms with E-state index in [1.165, 1.54) is 38.5 Å². The average molecular weight is 239 g/mol. The summed E-state index contributed by atoms with van der Waals surface area (Å²) in [5.41, 5.74) is 6.86. The average Bonchev–Trinajstić information content (AvgIpc) is 2.27. The lowest BCUT2D eigenvalue weighted by Gasteiger charge is -2.36. The van der Waals surface area contributed by atoms with E-state index in [0.29, 0.717) is 11.5 Å². The molecule has 0 aromatic rings. The van der Waals surface area contributed by atoms with Gasteiger partial charge in [-0.25, -0.2) is 0 Å². The minimum absolute atomic E-state index is 0.399. The smallest absolute Gasteiger partial charge is 0.00699 e. The van der Waals surface area contributed by atoms with Gasteiger partial charge in [0.05, 0.1) is 0 Å². The van der Waals surface area contributed by atoms with E-state index in [-0.39, 0.29) is 0 Å². The molecule has 0 saturated heterocycles. The van der Waals surface area contributed by atoms with Crippen LogP contribution in [0, 0.1) is 23.2 Å². The van der Waals surface area contributed by atoms with Crippen LogP contribution in [0.4, 0.5) is 0 Å². The molecule has 4 atom stereocenters. The third-order valence-electron chi connectivity index (χ3n) is 5.11. The molecule has 17 heavy (non-hydrogen) atoms. The zero-order valence-corrected chi connectivity index (χ0v) is 12.6. The number of nitrogens with two attached hydrogens (primary N) is 1. The topological polar surface area (TPSA) is 26.0 Å². The second-order valence-corrected chi connectivity index (χ2v) is 7.37. The molecule has 1 fully saturated rings. The predicted octanol–water partition coefficient (Wildman–Crippen LogP) is 4.60. The second kappa shape index (κ2) is 6.22. The van der Waals surface area contributed by atoms with Crippen molar-refractivity contribution in [2.24, 2.45) is 28.9 Å². The van der Waals surface area contributed by atoms with Crippen LogP contribution in [0.2, 0.25) is 0 Å². The molecule has 1 rings (SSSR count). The zero-order valence-electron chi connectivity index (χ0n) is 12.6. The third kappa shape index (κ3) is 4.62. The van der Waals surface area contributed by atoms with Crippen LogP contribution in [0.25, 0.3) is 0 Å². The number of hydrogen-bond acceptors (Lipinski definition) is 1. The molecule has 1 aliphatic rings. The molecule has 2 N–H and O–H groups in total. The molecule has 1 nitrogen and oxygen atoms in total. The Kier molecular flexibility index (Phi) is 5.50. The first-order valence-corrected chi connectivity index (χ1v) is 7.60. The van der Waals surface area contributed by atoms with Gasteiger partial charge in [-0.2, -0.15) is 0 Å². The van der Waals surface area contributed by atoms with Crippen LogP contribution in [0.3, 0.4) is 0 Å². The summed E-state index contributed by atoms with van der Waals surface area (Å²) in [7, 11) is 0. The van der Waals surface area contributed by atoms with Crippen LogP contribution in [-0.4, -0.2) is 6.04 Å². The van der Waals surface area contributed by atoms with Crippen molar-refractivity contribution in [3.63, 3.8) is 0 Å². The summed E-state index contributed by atoms with van der Waals surface area (Å²) in [6, 6.07) is 0.429. The highest BCUT2D eigenvalue weighted by Crippen LogP contribution is 2.36. The van der Waals surface area contributed by atoms with Crippen molar-refractivity contribution in [3.05, 3.63) is 0 Å². The molecule has 0 aliphatic heterocycles. The van der Waals surface area contributed by atoms with Crippen LogP contribution in [-0.2, 0) is 0 Å². The summed E-state index contributed by atoms with van der Waals surface area (Å²) in [4.78, 5) is 0. The molecule has 1 aliphatic carbocycles. The van der Waals surface area contributed by atoms with Crippen molar-refractivity contribution in [1.29, 1.82) is 0 Å². The molecule has 0 amide bonds. The molecule has 0 aromatic heterocycles. The molecule has 1 saturated carbocycles. The van der Waals surface area contributed by atoms with Crippen molar-refractivity contribution >= 4 is 0 Å². The van der Waals surface area contributed by atoms with E-state index in [0.717, 1.165) is 17.8 Å². The first-order chi connectivity index (χ1) is 7.84. The van der Waals surface area contributed by atoms with Crippen LogP contribution in [0.5, 0.6) is 0 Å². The molecule has 1 heteroatoms. The van der Waals surface area contributed by atoms with Gasteiger partial charge in [-0.15, -0.1) is 0 Å². The summed E-state index contributed by atoms with van der Waals surface area (Å²) in [6.45, 7) is 11.7. The number of hydrogen-bond donors (Lipinski definition) is 1. The first kappa shape index (κ1) is 15.0. The normalized spacial score (nSPS) is 30.0. The summed E-state index contributed by atoms with van der Waals surface area (Å²) < 4.78 is 0. The van der Waals surface area contributed by atoms with Crippen molar-refractivity contribution in [2.45, 2.75) is 79.2 Å². The summed E-state index contributed by atoms with van der Waals surface area (Å²) in [5, 5.41) is 0. The van der Waals surface area contributed by atoms with Crippen molar-refractivity contribution in [2.75, 3.05) is 0 Å². The van der Waals surface area contributed by atoms with Gasteiger partial charge in [0.1, 0.15) is 0 Å². The Morgan fingerprint density at radius 1 is 1.24 bits per heavy atom. The minimum atomic E-state index is 0.399. The van der Waals surface area contributed by atoms with Crippen LogP contribution < -0.4 is 5.73 Å². The third-order valence-corrected chi connectivity index (χ3v) is 5.11. The van der Waals surface area contributed by atoms with Crippen molar-refractivity contribution < 1.29 is 0 Å². The van der Waals surface area contributed by atoms with Gasteiger partial charge in [0.25, 0.3) is 0 Å². The van der Waals surface area contributed by atoms with Gasteiger partial charge in [-0.3, -0.25) is 0 Å². The lowest BCUT2D eigenvalue weighted by atomic mass is 9.72. The molecule has 102 valence electrons. The molecule has 0 spiro atoms. The van der Waals surface area contributed by atoms with E-state index >= 15 is 0 Å². The monoisotopic (exact) mass is 239 g/mol. The molecule has 0 aromatic carbocycles. The Morgan fingerprint density at radius 3 is 2.41 bits per heavy atom. The van der Waals surface area contributed by atoms with Gasteiger partial charge < -0.3 is 5.73 Å². The Morgan fingerprint density at radius 2 is 1.88 bits per heavy atom. The quantitative estimate of drug-likeness (QED) is 0.762. The molecule has 0 radical (unpaired) electrons.